The molecule has 0 saturated heterocycles. The molecule has 100 valence electrons. The largest absolute Gasteiger partial charge is 0.373 e. The molecule has 0 spiro atoms. The fourth-order valence-corrected chi connectivity index (χ4v) is 2.51. The van der Waals surface area contributed by atoms with E-state index in [4.69, 9.17) is 5.73 Å². The van der Waals surface area contributed by atoms with Gasteiger partial charge in [0.15, 0.2) is 0 Å². The summed E-state index contributed by atoms with van der Waals surface area (Å²) >= 11 is 0. The fraction of sp³-hybridized carbons (Fsp3) is 0.692. The van der Waals surface area contributed by atoms with Crippen molar-refractivity contribution in [3.63, 3.8) is 0 Å². The molecular formula is C13H23N5. The van der Waals surface area contributed by atoms with Crippen molar-refractivity contribution in [2.45, 2.75) is 45.1 Å². The molecule has 18 heavy (non-hydrogen) atoms. The van der Waals surface area contributed by atoms with E-state index in [1.54, 1.807) is 0 Å². The first-order valence-electron chi connectivity index (χ1n) is 6.76. The van der Waals surface area contributed by atoms with Crippen LogP contribution in [0.15, 0.2) is 6.07 Å². The molecule has 2 rings (SSSR count). The van der Waals surface area contributed by atoms with Crippen molar-refractivity contribution in [2.75, 3.05) is 23.4 Å². The SMILES string of the molecule is CNc1cc(NC2CCCC(C)CC2)nc(N)n1. The van der Waals surface area contributed by atoms with Crippen molar-refractivity contribution >= 4 is 17.6 Å². The second-order valence-electron chi connectivity index (χ2n) is 5.20. The highest BCUT2D eigenvalue weighted by Gasteiger charge is 2.16. The maximum Gasteiger partial charge on any atom is 0.223 e. The van der Waals surface area contributed by atoms with Gasteiger partial charge in [-0.2, -0.15) is 9.97 Å². The van der Waals surface area contributed by atoms with Crippen LogP contribution >= 0.6 is 0 Å². The number of nitrogens with zero attached hydrogens (tertiary/aromatic N) is 2. The van der Waals surface area contributed by atoms with Crippen molar-refractivity contribution in [1.29, 1.82) is 0 Å². The van der Waals surface area contributed by atoms with E-state index in [1.807, 2.05) is 13.1 Å². The molecule has 1 saturated carbocycles. The third kappa shape index (κ3) is 3.48. The van der Waals surface area contributed by atoms with Gasteiger partial charge in [-0.15, -0.1) is 0 Å². The topological polar surface area (TPSA) is 75.9 Å². The highest BCUT2D eigenvalue weighted by atomic mass is 15.1. The fourth-order valence-electron chi connectivity index (χ4n) is 2.51. The minimum absolute atomic E-state index is 0.311. The van der Waals surface area contributed by atoms with Crippen LogP contribution in [0.5, 0.6) is 0 Å². The number of nitrogens with one attached hydrogen (secondary N) is 2. The summed E-state index contributed by atoms with van der Waals surface area (Å²) < 4.78 is 0. The zero-order valence-corrected chi connectivity index (χ0v) is 11.2. The molecular weight excluding hydrogens is 226 g/mol. The average molecular weight is 249 g/mol. The van der Waals surface area contributed by atoms with E-state index in [1.165, 1.54) is 32.1 Å². The van der Waals surface area contributed by atoms with Crippen molar-refractivity contribution < 1.29 is 0 Å². The van der Waals surface area contributed by atoms with Crippen molar-refractivity contribution in [1.82, 2.24) is 9.97 Å². The molecule has 1 heterocycles. The van der Waals surface area contributed by atoms with Crippen LogP contribution in [0.3, 0.4) is 0 Å². The van der Waals surface area contributed by atoms with E-state index in [9.17, 15) is 0 Å². The van der Waals surface area contributed by atoms with Gasteiger partial charge in [-0.25, -0.2) is 0 Å². The van der Waals surface area contributed by atoms with Gasteiger partial charge >= 0.3 is 0 Å². The molecule has 1 aromatic heterocycles. The second kappa shape index (κ2) is 5.89. The number of nitrogens with two attached hydrogens (primary N) is 1. The van der Waals surface area contributed by atoms with Crippen LogP contribution in [0.1, 0.15) is 39.0 Å². The smallest absolute Gasteiger partial charge is 0.223 e. The van der Waals surface area contributed by atoms with Crippen LogP contribution in [0, 0.1) is 5.92 Å². The summed E-state index contributed by atoms with van der Waals surface area (Å²) in [6.45, 7) is 2.34. The lowest BCUT2D eigenvalue weighted by molar-refractivity contribution is 0.502. The number of rotatable bonds is 3. The van der Waals surface area contributed by atoms with Gasteiger partial charge in [0.05, 0.1) is 0 Å². The molecule has 0 amide bonds. The molecule has 1 aliphatic rings. The zero-order valence-electron chi connectivity index (χ0n) is 11.2. The average Bonchev–Trinajstić information content (AvgIpc) is 2.54. The van der Waals surface area contributed by atoms with E-state index < -0.39 is 0 Å². The highest BCUT2D eigenvalue weighted by molar-refractivity contribution is 5.51. The van der Waals surface area contributed by atoms with E-state index in [0.717, 1.165) is 17.6 Å². The predicted molar refractivity (Wildman–Crippen MR) is 75.7 cm³/mol. The van der Waals surface area contributed by atoms with E-state index in [-0.39, 0.29) is 0 Å². The molecule has 2 unspecified atom stereocenters. The monoisotopic (exact) mass is 249 g/mol. The van der Waals surface area contributed by atoms with Crippen LogP contribution in [-0.2, 0) is 0 Å². The molecule has 2 atom stereocenters. The molecule has 4 N–H and O–H groups in total. The van der Waals surface area contributed by atoms with Gasteiger partial charge in [-0.1, -0.05) is 19.8 Å². The van der Waals surface area contributed by atoms with Gasteiger partial charge in [0, 0.05) is 19.2 Å². The number of hydrogen-bond donors (Lipinski definition) is 3. The van der Waals surface area contributed by atoms with Crippen molar-refractivity contribution in [3.8, 4) is 0 Å². The summed E-state index contributed by atoms with van der Waals surface area (Å²) in [4.78, 5) is 8.33. The second-order valence-corrected chi connectivity index (χ2v) is 5.20. The maximum atomic E-state index is 5.69. The van der Waals surface area contributed by atoms with Gasteiger partial charge < -0.3 is 16.4 Å². The highest BCUT2D eigenvalue weighted by Crippen LogP contribution is 2.25. The lowest BCUT2D eigenvalue weighted by Gasteiger charge is -2.17. The normalized spacial score (nSPS) is 24.3. The Hall–Kier alpha value is -1.52. The predicted octanol–water partition coefficient (Wildman–Crippen LogP) is 2.48. The molecule has 1 aliphatic carbocycles. The molecule has 5 heteroatoms. The Morgan fingerprint density at radius 2 is 1.94 bits per heavy atom. The van der Waals surface area contributed by atoms with Gasteiger partial charge in [-0.3, -0.25) is 0 Å². The van der Waals surface area contributed by atoms with Crippen LogP contribution in [0.2, 0.25) is 0 Å². The molecule has 1 fully saturated rings. The van der Waals surface area contributed by atoms with E-state index in [0.29, 0.717) is 12.0 Å². The summed E-state index contributed by atoms with van der Waals surface area (Å²) in [7, 11) is 1.83. The molecule has 0 bridgehead atoms. The van der Waals surface area contributed by atoms with Crippen LogP contribution in [0.4, 0.5) is 17.6 Å². The standard InChI is InChI=1S/C13H23N5/c1-9-4-3-5-10(7-6-9)16-12-8-11(15-2)17-13(14)18-12/h8-10H,3-7H2,1-2H3,(H4,14,15,16,17,18). The molecule has 5 nitrogen and oxygen atoms in total. The Morgan fingerprint density at radius 1 is 1.17 bits per heavy atom. The van der Waals surface area contributed by atoms with Crippen molar-refractivity contribution in [2.24, 2.45) is 5.92 Å². The summed E-state index contributed by atoms with van der Waals surface area (Å²) in [5, 5.41) is 6.48. The van der Waals surface area contributed by atoms with Crippen LogP contribution in [-0.4, -0.2) is 23.1 Å². The lowest BCUT2D eigenvalue weighted by atomic mass is 10.0. The third-order valence-electron chi connectivity index (χ3n) is 3.61. The lowest BCUT2D eigenvalue weighted by Crippen LogP contribution is -2.20. The summed E-state index contributed by atoms with van der Waals surface area (Å²) in [6.07, 6.45) is 6.34. The first-order chi connectivity index (χ1) is 8.67. The van der Waals surface area contributed by atoms with E-state index >= 15 is 0 Å². The molecule has 1 aromatic rings. The molecule has 0 aromatic carbocycles. The summed E-state index contributed by atoms with van der Waals surface area (Å²) in [5.74, 6) is 2.74. The van der Waals surface area contributed by atoms with Crippen molar-refractivity contribution in [3.05, 3.63) is 6.07 Å². The van der Waals surface area contributed by atoms with Gasteiger partial charge in [-0.05, 0) is 25.2 Å². The Labute approximate surface area is 109 Å². The Kier molecular flexibility index (Phi) is 4.23. The van der Waals surface area contributed by atoms with Crippen LogP contribution in [0.25, 0.3) is 0 Å². The maximum absolute atomic E-state index is 5.69. The molecule has 0 radical (unpaired) electrons. The Balaban J connectivity index is 2.01. The zero-order chi connectivity index (χ0) is 13.0. The summed E-state index contributed by atoms with van der Waals surface area (Å²) in [6, 6.07) is 2.42. The Bertz CT molecular complexity index is 393. The van der Waals surface area contributed by atoms with Crippen LogP contribution < -0.4 is 16.4 Å². The molecule has 0 aliphatic heterocycles. The minimum Gasteiger partial charge on any atom is -0.373 e. The number of aromatic nitrogens is 2. The summed E-state index contributed by atoms with van der Waals surface area (Å²) in [5.41, 5.74) is 5.69. The first-order valence-corrected chi connectivity index (χ1v) is 6.76. The third-order valence-corrected chi connectivity index (χ3v) is 3.61. The quantitative estimate of drug-likeness (QED) is 0.717. The minimum atomic E-state index is 0.311. The first kappa shape index (κ1) is 12.9. The number of hydrogen-bond acceptors (Lipinski definition) is 5. The number of nitrogen functional groups attached to an aromatic ring is 1. The van der Waals surface area contributed by atoms with Gasteiger partial charge in [0.25, 0.3) is 0 Å². The number of anilines is 3. The Morgan fingerprint density at radius 3 is 2.72 bits per heavy atom. The van der Waals surface area contributed by atoms with Gasteiger partial charge in [0.2, 0.25) is 5.95 Å². The van der Waals surface area contributed by atoms with Gasteiger partial charge in [0.1, 0.15) is 11.6 Å². The van der Waals surface area contributed by atoms with E-state index in [2.05, 4.69) is 27.5 Å².